The fourth-order valence-electron chi connectivity index (χ4n) is 8.62. The van der Waals surface area contributed by atoms with Crippen LogP contribution in [0.4, 0.5) is 10.2 Å². The molecule has 4 aromatic rings. The molecular formula is C36H37FN4O4S. The minimum absolute atomic E-state index is 0.136. The van der Waals surface area contributed by atoms with Crippen molar-refractivity contribution in [1.29, 1.82) is 0 Å². The molecule has 238 valence electrons. The first-order valence-corrected chi connectivity index (χ1v) is 17.9. The lowest BCUT2D eigenvalue weighted by Gasteiger charge is -2.39. The third-order valence-electron chi connectivity index (χ3n) is 11.0. The summed E-state index contributed by atoms with van der Waals surface area (Å²) >= 11 is 0. The molecule has 1 aromatic heterocycles. The van der Waals surface area contributed by atoms with Crippen molar-refractivity contribution in [3.8, 4) is 35.2 Å². The normalized spacial score (nSPS) is 25.3. The molecule has 4 fully saturated rings. The third-order valence-corrected chi connectivity index (χ3v) is 13.8. The number of halogens is 1. The summed E-state index contributed by atoms with van der Waals surface area (Å²) in [4.78, 5) is 14.2. The lowest BCUT2D eigenvalue weighted by atomic mass is 9.91. The van der Waals surface area contributed by atoms with Crippen molar-refractivity contribution in [3.05, 3.63) is 54.1 Å². The van der Waals surface area contributed by atoms with Gasteiger partial charge in [0.25, 0.3) is 0 Å². The number of rotatable bonds is 5. The summed E-state index contributed by atoms with van der Waals surface area (Å²) in [6.07, 6.45) is 9.93. The predicted octanol–water partition coefficient (Wildman–Crippen LogP) is 5.64. The highest BCUT2D eigenvalue weighted by Crippen LogP contribution is 2.44. The van der Waals surface area contributed by atoms with Crippen LogP contribution in [0.15, 0.2) is 48.5 Å². The van der Waals surface area contributed by atoms with Gasteiger partial charge < -0.3 is 14.7 Å². The van der Waals surface area contributed by atoms with Gasteiger partial charge >= 0.3 is 6.01 Å². The van der Waals surface area contributed by atoms with Crippen LogP contribution in [0, 0.1) is 12.3 Å². The maximum absolute atomic E-state index is 14.5. The predicted molar refractivity (Wildman–Crippen MR) is 178 cm³/mol. The maximum Gasteiger partial charge on any atom is 0.319 e. The van der Waals surface area contributed by atoms with E-state index in [0.717, 1.165) is 65.1 Å². The Kier molecular flexibility index (Phi) is 6.93. The van der Waals surface area contributed by atoms with Crippen LogP contribution in [0.5, 0.6) is 11.8 Å². The van der Waals surface area contributed by atoms with Crippen LogP contribution in [0.1, 0.15) is 50.5 Å². The van der Waals surface area contributed by atoms with E-state index in [9.17, 15) is 17.9 Å². The number of phenolic OH excluding ortho intramolecular Hbond substituents is 1. The topological polar surface area (TPSA) is 95.9 Å². The molecule has 46 heavy (non-hydrogen) atoms. The van der Waals surface area contributed by atoms with Gasteiger partial charge in [-0.05, 0) is 91.9 Å². The van der Waals surface area contributed by atoms with E-state index in [0.29, 0.717) is 56.8 Å². The lowest BCUT2D eigenvalue weighted by molar-refractivity contribution is 0.107. The monoisotopic (exact) mass is 640 g/mol. The van der Waals surface area contributed by atoms with Crippen molar-refractivity contribution in [2.45, 2.75) is 61.4 Å². The largest absolute Gasteiger partial charge is 0.508 e. The highest BCUT2D eigenvalue weighted by Gasteiger charge is 2.50. The van der Waals surface area contributed by atoms with Gasteiger partial charge in [-0.2, -0.15) is 9.97 Å². The number of hydrogen-bond donors (Lipinski definition) is 1. The number of aromatic nitrogens is 2. The summed E-state index contributed by atoms with van der Waals surface area (Å²) in [6, 6.07) is 15.3. The average Bonchev–Trinajstić information content (AvgIpc) is 3.67. The lowest BCUT2D eigenvalue weighted by Crippen LogP contribution is -2.47. The molecule has 0 saturated carbocycles. The minimum Gasteiger partial charge on any atom is -0.508 e. The van der Waals surface area contributed by atoms with Crippen molar-refractivity contribution < 1.29 is 22.7 Å². The summed E-state index contributed by atoms with van der Waals surface area (Å²) < 4.78 is 46.2. The number of nitrogens with zero attached hydrogens (tertiary/aromatic N) is 4. The molecular weight excluding hydrogens is 603 g/mol. The Morgan fingerprint density at radius 3 is 2.67 bits per heavy atom. The molecule has 0 aliphatic carbocycles. The molecule has 10 heteroatoms. The summed E-state index contributed by atoms with van der Waals surface area (Å²) in [7, 11) is -3.12. The highest BCUT2D eigenvalue weighted by molar-refractivity contribution is 7.93. The molecule has 3 aromatic carbocycles. The van der Waals surface area contributed by atoms with Crippen LogP contribution < -0.4 is 9.64 Å². The first kappa shape index (κ1) is 29.5. The van der Waals surface area contributed by atoms with Crippen LogP contribution >= 0.6 is 0 Å². The number of anilines is 1. The molecule has 4 aliphatic rings. The van der Waals surface area contributed by atoms with E-state index in [2.05, 4.69) is 15.7 Å². The minimum atomic E-state index is -3.12. The quantitative estimate of drug-likeness (QED) is 0.280. The zero-order valence-corrected chi connectivity index (χ0v) is 26.5. The van der Waals surface area contributed by atoms with Gasteiger partial charge in [0.1, 0.15) is 24.3 Å². The number of alkyl halides is 1. The van der Waals surface area contributed by atoms with Gasteiger partial charge in [0.05, 0.1) is 21.6 Å². The van der Waals surface area contributed by atoms with Gasteiger partial charge in [-0.15, -0.1) is 6.42 Å². The zero-order chi connectivity index (χ0) is 31.7. The van der Waals surface area contributed by atoms with Gasteiger partial charge in [-0.1, -0.05) is 24.1 Å². The van der Waals surface area contributed by atoms with Gasteiger partial charge in [0.15, 0.2) is 9.84 Å². The van der Waals surface area contributed by atoms with E-state index in [4.69, 9.17) is 21.1 Å². The first-order chi connectivity index (χ1) is 22.2. The number of phenols is 1. The van der Waals surface area contributed by atoms with Crippen LogP contribution in [-0.4, -0.2) is 83.4 Å². The van der Waals surface area contributed by atoms with E-state index in [1.54, 1.807) is 12.1 Å². The van der Waals surface area contributed by atoms with Crippen LogP contribution in [0.2, 0.25) is 0 Å². The second-order valence-electron chi connectivity index (χ2n) is 13.6. The molecule has 4 aliphatic heterocycles. The van der Waals surface area contributed by atoms with Crippen LogP contribution in [0.3, 0.4) is 0 Å². The van der Waals surface area contributed by atoms with E-state index in [-0.39, 0.29) is 23.1 Å². The number of terminal acetylenes is 1. The summed E-state index contributed by atoms with van der Waals surface area (Å²) in [5.74, 6) is 3.89. The van der Waals surface area contributed by atoms with Crippen molar-refractivity contribution >= 4 is 37.3 Å². The van der Waals surface area contributed by atoms with Crippen molar-refractivity contribution in [2.75, 3.05) is 43.4 Å². The number of ether oxygens (including phenoxy) is 1. The SMILES string of the molecule is C#Cc1cccc2cc(O)cc(-c3ccc4c(N5CCC6(CCCS6(=O)=O)CC5)nc(OC[C@@]56CCCN5C[C@H](F)C6)nc4c3)c12. The number of hydrogen-bond acceptors (Lipinski definition) is 8. The number of piperidine rings is 1. The Morgan fingerprint density at radius 1 is 1.04 bits per heavy atom. The third kappa shape index (κ3) is 4.70. The van der Waals surface area contributed by atoms with Gasteiger partial charge in [0, 0.05) is 42.4 Å². The molecule has 0 unspecified atom stereocenters. The molecule has 1 N–H and O–H groups in total. The van der Waals surface area contributed by atoms with Gasteiger partial charge in [-0.25, -0.2) is 12.8 Å². The smallest absolute Gasteiger partial charge is 0.319 e. The molecule has 1 spiro atoms. The Morgan fingerprint density at radius 2 is 1.89 bits per heavy atom. The Labute approximate surface area is 268 Å². The van der Waals surface area contributed by atoms with Crippen LogP contribution in [0.25, 0.3) is 32.8 Å². The molecule has 8 rings (SSSR count). The van der Waals surface area contributed by atoms with Gasteiger partial charge in [0.2, 0.25) is 0 Å². The zero-order valence-electron chi connectivity index (χ0n) is 25.7. The molecule has 0 radical (unpaired) electrons. The Bertz CT molecular complexity index is 2020. The number of benzene rings is 3. The second-order valence-corrected chi connectivity index (χ2v) is 16.1. The summed E-state index contributed by atoms with van der Waals surface area (Å²) in [5.41, 5.74) is 2.67. The molecule has 8 nitrogen and oxygen atoms in total. The number of aromatic hydroxyl groups is 1. The second kappa shape index (κ2) is 10.8. The standard InChI is InChI=1S/C36H37FN4O4S/c1-2-24-6-3-7-26-18-28(42)20-30(32(24)26)25-8-9-29-31(19-25)38-34(45-23-35-10-4-14-41(35)22-27(37)21-35)39-33(29)40-15-12-36(13-16-40)11-5-17-46(36,43)44/h1,3,6-9,18-20,27,42H,4-5,10-17,21-23H2/t27-,35+/m1/s1. The number of sulfone groups is 1. The first-order valence-electron chi connectivity index (χ1n) is 16.2. The van der Waals surface area contributed by atoms with E-state index < -0.39 is 20.8 Å². The molecule has 2 atom stereocenters. The van der Waals surface area contributed by atoms with E-state index in [1.165, 1.54) is 0 Å². The van der Waals surface area contributed by atoms with Crippen molar-refractivity contribution in [2.24, 2.45) is 0 Å². The maximum atomic E-state index is 14.5. The molecule has 5 heterocycles. The summed E-state index contributed by atoms with van der Waals surface area (Å²) in [6.45, 7) is 2.74. The van der Waals surface area contributed by atoms with E-state index in [1.807, 2.05) is 36.4 Å². The Hall–Kier alpha value is -3.94. The fourth-order valence-corrected chi connectivity index (χ4v) is 10.8. The van der Waals surface area contributed by atoms with Gasteiger partial charge in [-0.3, -0.25) is 4.90 Å². The molecule has 0 bridgehead atoms. The summed E-state index contributed by atoms with van der Waals surface area (Å²) in [5, 5.41) is 13.2. The van der Waals surface area contributed by atoms with Crippen molar-refractivity contribution in [3.63, 3.8) is 0 Å². The molecule has 0 amide bonds. The van der Waals surface area contributed by atoms with E-state index >= 15 is 0 Å². The van der Waals surface area contributed by atoms with Crippen LogP contribution in [-0.2, 0) is 9.84 Å². The Balaban J connectivity index is 1.21. The fraction of sp³-hybridized carbons (Fsp3) is 0.444. The number of fused-ring (bicyclic) bond motifs is 3. The average molecular weight is 641 g/mol. The molecule has 4 saturated heterocycles. The van der Waals surface area contributed by atoms with Crippen molar-refractivity contribution in [1.82, 2.24) is 14.9 Å². The highest BCUT2D eigenvalue weighted by atomic mass is 32.2.